The lowest BCUT2D eigenvalue weighted by molar-refractivity contribution is -0.136. The molecule has 0 spiro atoms. The average Bonchev–Trinajstić information content (AvgIpc) is 3.06. The Morgan fingerprint density at radius 1 is 1.16 bits per heavy atom. The quantitative estimate of drug-likeness (QED) is 0.696. The highest BCUT2D eigenvalue weighted by Crippen LogP contribution is 2.30. The number of hydrogen-bond donors (Lipinski definition) is 2. The smallest absolute Gasteiger partial charge is 0.278 e. The van der Waals surface area contributed by atoms with Gasteiger partial charge in [-0.2, -0.15) is 0 Å². The van der Waals surface area contributed by atoms with E-state index in [0.717, 1.165) is 19.3 Å². The first kappa shape index (κ1) is 20.2. The molecule has 3 aliphatic rings. The first-order chi connectivity index (χ1) is 15.5. The fourth-order valence-electron chi connectivity index (χ4n) is 4.17. The monoisotopic (exact) mass is 434 g/mol. The van der Waals surface area contributed by atoms with Crippen LogP contribution in [0.15, 0.2) is 36.5 Å². The molecule has 164 valence electrons. The molecule has 1 aliphatic carbocycles. The largest absolute Gasteiger partial charge is 0.488 e. The van der Waals surface area contributed by atoms with Crippen molar-refractivity contribution < 1.29 is 23.9 Å². The molecule has 4 amide bonds. The van der Waals surface area contributed by atoms with Crippen molar-refractivity contribution in [2.45, 2.75) is 50.8 Å². The molecule has 1 saturated carbocycles. The number of pyridine rings is 1. The fourth-order valence-corrected chi connectivity index (χ4v) is 4.17. The minimum absolute atomic E-state index is 0.120. The highest BCUT2D eigenvalue weighted by molar-refractivity contribution is 6.07. The number of imide groups is 1. The van der Waals surface area contributed by atoms with Crippen LogP contribution in [0.4, 0.5) is 5.69 Å². The van der Waals surface area contributed by atoms with Gasteiger partial charge in [0.15, 0.2) is 11.4 Å². The predicted molar refractivity (Wildman–Crippen MR) is 113 cm³/mol. The van der Waals surface area contributed by atoms with Crippen molar-refractivity contribution in [3.63, 3.8) is 0 Å². The molecule has 2 aliphatic heterocycles. The van der Waals surface area contributed by atoms with Crippen LogP contribution in [-0.4, -0.2) is 45.7 Å². The van der Waals surface area contributed by atoms with Crippen molar-refractivity contribution in [3.05, 3.63) is 53.3 Å². The minimum atomic E-state index is -0.676. The molecule has 0 bridgehead atoms. The molecular weight excluding hydrogens is 412 g/mol. The van der Waals surface area contributed by atoms with Crippen molar-refractivity contribution in [2.24, 2.45) is 0 Å². The number of nitrogens with one attached hydrogen (secondary N) is 2. The molecule has 3 heterocycles. The van der Waals surface area contributed by atoms with Gasteiger partial charge in [-0.05, 0) is 61.6 Å². The van der Waals surface area contributed by atoms with Gasteiger partial charge in [-0.25, -0.2) is 4.98 Å². The molecule has 2 N–H and O–H groups in total. The number of rotatable bonds is 5. The van der Waals surface area contributed by atoms with E-state index in [0.29, 0.717) is 29.0 Å². The van der Waals surface area contributed by atoms with E-state index in [1.807, 2.05) is 0 Å². The first-order valence-electron chi connectivity index (χ1n) is 10.7. The van der Waals surface area contributed by atoms with Crippen molar-refractivity contribution in [3.8, 4) is 5.75 Å². The Morgan fingerprint density at radius 2 is 2.00 bits per heavy atom. The van der Waals surface area contributed by atoms with Gasteiger partial charge in [0.1, 0.15) is 6.04 Å². The summed E-state index contributed by atoms with van der Waals surface area (Å²) < 4.78 is 5.89. The molecule has 9 heteroatoms. The van der Waals surface area contributed by atoms with Crippen molar-refractivity contribution in [1.29, 1.82) is 0 Å². The zero-order valence-electron chi connectivity index (χ0n) is 17.3. The summed E-state index contributed by atoms with van der Waals surface area (Å²) in [5.74, 6) is -0.977. The molecular formula is C23H22N4O5. The number of piperidine rings is 1. The number of amides is 4. The van der Waals surface area contributed by atoms with Crippen molar-refractivity contribution >= 4 is 29.3 Å². The molecule has 1 aromatic heterocycles. The lowest BCUT2D eigenvalue weighted by atomic mass is 9.96. The van der Waals surface area contributed by atoms with Crippen molar-refractivity contribution in [1.82, 2.24) is 15.2 Å². The third-order valence-electron chi connectivity index (χ3n) is 6.11. The molecule has 9 nitrogen and oxygen atoms in total. The van der Waals surface area contributed by atoms with Crippen LogP contribution in [0.5, 0.6) is 5.75 Å². The maximum Gasteiger partial charge on any atom is 0.278 e. The van der Waals surface area contributed by atoms with Crippen LogP contribution in [0.3, 0.4) is 0 Å². The average molecular weight is 434 g/mol. The molecule has 2 fully saturated rings. The van der Waals surface area contributed by atoms with Gasteiger partial charge in [0, 0.05) is 30.4 Å². The summed E-state index contributed by atoms with van der Waals surface area (Å²) in [4.78, 5) is 54.9. The maximum atomic E-state index is 12.9. The Morgan fingerprint density at radius 3 is 2.75 bits per heavy atom. The summed E-state index contributed by atoms with van der Waals surface area (Å²) in [5, 5.41) is 5.11. The predicted octanol–water partition coefficient (Wildman–Crippen LogP) is 2.03. The molecule has 32 heavy (non-hydrogen) atoms. The standard InChI is InChI=1S/C23H22N4O5/c28-19-9-8-17(21(29)26-19)27-12-13-11-14(6-7-16(13)23(27)31)25-22(30)20-18(5-2-10-24-20)32-15-3-1-4-15/h2,5-7,10-11,15,17H,1,3-4,8-9,12H2,(H,25,30)(H,26,28,29)/t17-/m0/s1. The number of carbonyl (C=O) groups is 4. The normalized spacial score (nSPS) is 20.4. The molecule has 0 unspecified atom stereocenters. The number of ether oxygens (including phenoxy) is 1. The number of benzene rings is 1. The Hall–Kier alpha value is -3.75. The first-order valence-corrected chi connectivity index (χ1v) is 10.7. The zero-order chi connectivity index (χ0) is 22.2. The van der Waals surface area contributed by atoms with Crippen LogP contribution in [-0.2, 0) is 16.1 Å². The molecule has 5 rings (SSSR count). The van der Waals surface area contributed by atoms with Gasteiger partial charge in [-0.3, -0.25) is 24.5 Å². The maximum absolute atomic E-state index is 12.9. The van der Waals surface area contributed by atoms with E-state index in [2.05, 4.69) is 15.6 Å². The van der Waals surface area contributed by atoms with Crippen LogP contribution >= 0.6 is 0 Å². The SMILES string of the molecule is O=C1CC[C@H](N2Cc3cc(NC(=O)c4ncccc4OC4CCC4)ccc3C2=O)C(=O)N1. The van der Waals surface area contributed by atoms with E-state index >= 15 is 0 Å². The van der Waals surface area contributed by atoms with E-state index in [-0.39, 0.29) is 36.6 Å². The minimum Gasteiger partial charge on any atom is -0.488 e. The Kier molecular flexibility index (Phi) is 5.08. The van der Waals surface area contributed by atoms with Gasteiger partial charge in [0.05, 0.1) is 6.10 Å². The summed E-state index contributed by atoms with van der Waals surface area (Å²) in [6.07, 6.45) is 5.23. The molecule has 1 atom stereocenters. The Bertz CT molecular complexity index is 1130. The highest BCUT2D eigenvalue weighted by Gasteiger charge is 2.39. The fraction of sp³-hybridized carbons (Fsp3) is 0.348. The summed E-state index contributed by atoms with van der Waals surface area (Å²) in [5.41, 5.74) is 1.93. The van der Waals surface area contributed by atoms with Gasteiger partial charge in [0.25, 0.3) is 11.8 Å². The van der Waals surface area contributed by atoms with E-state index in [9.17, 15) is 19.2 Å². The van der Waals surface area contributed by atoms with Gasteiger partial charge >= 0.3 is 0 Å². The molecule has 0 radical (unpaired) electrons. The van der Waals surface area contributed by atoms with Crippen LogP contribution in [0, 0.1) is 0 Å². The summed E-state index contributed by atoms with van der Waals surface area (Å²) in [6, 6.07) is 7.81. The second-order valence-electron chi connectivity index (χ2n) is 8.25. The molecule has 1 aromatic carbocycles. The number of nitrogens with zero attached hydrogens (tertiary/aromatic N) is 2. The number of anilines is 1. The lowest BCUT2D eigenvalue weighted by Crippen LogP contribution is -2.52. The number of aromatic nitrogens is 1. The third kappa shape index (κ3) is 3.70. The van der Waals surface area contributed by atoms with Gasteiger partial charge in [-0.15, -0.1) is 0 Å². The highest BCUT2D eigenvalue weighted by atomic mass is 16.5. The summed E-state index contributed by atoms with van der Waals surface area (Å²) in [6.45, 7) is 0.240. The summed E-state index contributed by atoms with van der Waals surface area (Å²) >= 11 is 0. The molecule has 1 saturated heterocycles. The third-order valence-corrected chi connectivity index (χ3v) is 6.11. The second kappa shape index (κ2) is 8.07. The van der Waals surface area contributed by atoms with E-state index in [1.54, 1.807) is 36.5 Å². The molecule has 2 aromatic rings. The zero-order valence-corrected chi connectivity index (χ0v) is 17.3. The van der Waals surface area contributed by atoms with Gasteiger partial charge in [-0.1, -0.05) is 0 Å². The van der Waals surface area contributed by atoms with Crippen LogP contribution in [0.2, 0.25) is 0 Å². The van der Waals surface area contributed by atoms with Crippen LogP contribution < -0.4 is 15.4 Å². The Balaban J connectivity index is 1.31. The number of fused-ring (bicyclic) bond motifs is 1. The van der Waals surface area contributed by atoms with E-state index < -0.39 is 17.9 Å². The Labute approximate surface area is 184 Å². The van der Waals surface area contributed by atoms with Crippen LogP contribution in [0.1, 0.15) is 58.5 Å². The van der Waals surface area contributed by atoms with E-state index in [1.165, 1.54) is 4.90 Å². The van der Waals surface area contributed by atoms with Crippen LogP contribution in [0.25, 0.3) is 0 Å². The van der Waals surface area contributed by atoms with Gasteiger partial charge in [0.2, 0.25) is 11.8 Å². The topological polar surface area (TPSA) is 118 Å². The number of hydrogen-bond acceptors (Lipinski definition) is 6. The number of carbonyl (C=O) groups excluding carboxylic acids is 4. The van der Waals surface area contributed by atoms with Crippen molar-refractivity contribution in [2.75, 3.05) is 5.32 Å². The van der Waals surface area contributed by atoms with E-state index in [4.69, 9.17) is 4.74 Å². The second-order valence-corrected chi connectivity index (χ2v) is 8.25. The lowest BCUT2D eigenvalue weighted by Gasteiger charge is -2.29. The summed E-state index contributed by atoms with van der Waals surface area (Å²) in [7, 11) is 0. The van der Waals surface area contributed by atoms with Gasteiger partial charge < -0.3 is 15.0 Å².